The topological polar surface area (TPSA) is 55.8 Å². The average molecular weight is 317 g/mol. The lowest BCUT2D eigenvalue weighted by Gasteiger charge is -2.18. The number of aliphatic hydroxyl groups excluding tert-OH is 1. The molecule has 18 heavy (non-hydrogen) atoms. The molecule has 0 amide bonds. The van der Waals surface area contributed by atoms with Crippen LogP contribution in [0.3, 0.4) is 0 Å². The molecule has 0 heterocycles. The molecule has 0 saturated heterocycles. The number of aryl methyl sites for hydroxylation is 1. The maximum atomic E-state index is 11.5. The van der Waals surface area contributed by atoms with Crippen molar-refractivity contribution in [3.05, 3.63) is 27.7 Å². The first-order valence-corrected chi connectivity index (χ1v) is 6.52. The summed E-state index contributed by atoms with van der Waals surface area (Å²) in [5, 5.41) is 9.31. The molecule has 5 heteroatoms. The van der Waals surface area contributed by atoms with Crippen LogP contribution in [0, 0.1) is 6.92 Å². The van der Waals surface area contributed by atoms with Gasteiger partial charge in [-0.05, 0) is 38.5 Å². The highest BCUT2D eigenvalue weighted by atomic mass is 79.9. The van der Waals surface area contributed by atoms with Crippen LogP contribution in [0.2, 0.25) is 0 Å². The molecule has 0 fully saturated rings. The fourth-order valence-electron chi connectivity index (χ4n) is 1.57. The second-order valence-electron chi connectivity index (χ2n) is 3.88. The van der Waals surface area contributed by atoms with E-state index >= 15 is 0 Å². The molecule has 1 atom stereocenters. The van der Waals surface area contributed by atoms with Gasteiger partial charge in [0.15, 0.2) is 6.10 Å². The summed E-state index contributed by atoms with van der Waals surface area (Å²) in [6, 6.07) is 3.63. The molecule has 100 valence electrons. The predicted molar refractivity (Wildman–Crippen MR) is 71.5 cm³/mol. The molecule has 0 aromatic heterocycles. The van der Waals surface area contributed by atoms with E-state index in [9.17, 15) is 9.90 Å². The van der Waals surface area contributed by atoms with Gasteiger partial charge in [-0.25, -0.2) is 4.79 Å². The minimum Gasteiger partial charge on any atom is -0.478 e. The van der Waals surface area contributed by atoms with Crippen LogP contribution in [-0.4, -0.2) is 23.8 Å². The molecule has 1 rings (SSSR count). The standard InChI is InChI=1S/C13H17BrO4/c1-4-17-13(16)9(3)18-12-8(2)5-11(14)6-10(12)7-15/h5-6,9,15H,4,7H2,1-3H3. The SMILES string of the molecule is CCOC(=O)C(C)Oc1c(C)cc(Br)cc1CO. The van der Waals surface area contributed by atoms with Gasteiger partial charge in [0.2, 0.25) is 0 Å². The maximum Gasteiger partial charge on any atom is 0.347 e. The zero-order valence-corrected chi connectivity index (χ0v) is 12.3. The number of aliphatic hydroxyl groups is 1. The summed E-state index contributed by atoms with van der Waals surface area (Å²) in [4.78, 5) is 11.5. The Balaban J connectivity index is 2.93. The Morgan fingerprint density at radius 3 is 2.72 bits per heavy atom. The monoisotopic (exact) mass is 316 g/mol. The lowest BCUT2D eigenvalue weighted by molar-refractivity contribution is -0.150. The third-order valence-electron chi connectivity index (χ3n) is 2.40. The van der Waals surface area contributed by atoms with E-state index in [1.54, 1.807) is 19.9 Å². The Bertz CT molecular complexity index is 431. The van der Waals surface area contributed by atoms with Gasteiger partial charge < -0.3 is 14.6 Å². The summed E-state index contributed by atoms with van der Waals surface area (Å²) in [5.74, 6) is 0.116. The quantitative estimate of drug-likeness (QED) is 0.848. The fraction of sp³-hybridized carbons (Fsp3) is 0.462. The maximum absolute atomic E-state index is 11.5. The van der Waals surface area contributed by atoms with E-state index in [1.165, 1.54) is 0 Å². The third-order valence-corrected chi connectivity index (χ3v) is 2.86. The molecule has 1 aromatic carbocycles. The highest BCUT2D eigenvalue weighted by Crippen LogP contribution is 2.29. The van der Waals surface area contributed by atoms with Gasteiger partial charge in [-0.3, -0.25) is 0 Å². The summed E-state index contributed by atoms with van der Waals surface area (Å²) in [5.41, 5.74) is 1.49. The number of rotatable bonds is 5. The van der Waals surface area contributed by atoms with Crippen LogP contribution in [0.4, 0.5) is 0 Å². The first-order valence-electron chi connectivity index (χ1n) is 5.72. The van der Waals surface area contributed by atoms with Crippen LogP contribution in [0.5, 0.6) is 5.75 Å². The fourth-order valence-corrected chi connectivity index (χ4v) is 2.19. The molecule has 0 radical (unpaired) electrons. The van der Waals surface area contributed by atoms with Crippen molar-refractivity contribution in [3.8, 4) is 5.75 Å². The summed E-state index contributed by atoms with van der Waals surface area (Å²) in [6.07, 6.45) is -0.699. The molecule has 0 spiro atoms. The third kappa shape index (κ3) is 3.71. The number of hydrogen-bond donors (Lipinski definition) is 1. The largest absolute Gasteiger partial charge is 0.478 e. The number of carbonyl (C=O) groups excluding carboxylic acids is 1. The summed E-state index contributed by atoms with van der Waals surface area (Å²) in [6.45, 7) is 5.40. The lowest BCUT2D eigenvalue weighted by atomic mass is 10.1. The van der Waals surface area contributed by atoms with Crippen molar-refractivity contribution in [3.63, 3.8) is 0 Å². The van der Waals surface area contributed by atoms with Gasteiger partial charge in [0.05, 0.1) is 13.2 Å². The van der Waals surface area contributed by atoms with Crippen molar-refractivity contribution in [2.45, 2.75) is 33.5 Å². The second kappa shape index (κ2) is 6.75. The molecule has 0 aliphatic carbocycles. The predicted octanol–water partition coefficient (Wildman–Crippen LogP) is 2.58. The molecular weight excluding hydrogens is 300 g/mol. The first-order chi connectivity index (χ1) is 8.49. The molecule has 0 saturated carbocycles. The van der Waals surface area contributed by atoms with Crippen molar-refractivity contribution in [1.82, 2.24) is 0 Å². The van der Waals surface area contributed by atoms with E-state index in [4.69, 9.17) is 9.47 Å². The van der Waals surface area contributed by atoms with Crippen molar-refractivity contribution < 1.29 is 19.4 Å². The number of ether oxygens (including phenoxy) is 2. The van der Waals surface area contributed by atoms with Gasteiger partial charge in [0.25, 0.3) is 0 Å². The van der Waals surface area contributed by atoms with Crippen LogP contribution >= 0.6 is 15.9 Å². The number of hydrogen-bond acceptors (Lipinski definition) is 4. The van der Waals surface area contributed by atoms with Gasteiger partial charge >= 0.3 is 5.97 Å². The minimum atomic E-state index is -0.699. The molecular formula is C13H17BrO4. The van der Waals surface area contributed by atoms with Gasteiger partial charge in [-0.15, -0.1) is 0 Å². The molecule has 0 bridgehead atoms. The highest BCUT2D eigenvalue weighted by Gasteiger charge is 2.18. The summed E-state index contributed by atoms with van der Waals surface area (Å²) < 4.78 is 11.3. The Morgan fingerprint density at radius 2 is 2.17 bits per heavy atom. The van der Waals surface area contributed by atoms with E-state index in [-0.39, 0.29) is 6.61 Å². The molecule has 4 nitrogen and oxygen atoms in total. The van der Waals surface area contributed by atoms with Crippen molar-refractivity contribution >= 4 is 21.9 Å². The van der Waals surface area contributed by atoms with Crippen molar-refractivity contribution in [2.24, 2.45) is 0 Å². The van der Waals surface area contributed by atoms with Crippen molar-refractivity contribution in [2.75, 3.05) is 6.61 Å². The molecule has 0 aliphatic heterocycles. The summed E-state index contributed by atoms with van der Waals surface area (Å²) in [7, 11) is 0. The normalized spacial score (nSPS) is 12.1. The Morgan fingerprint density at radius 1 is 1.50 bits per heavy atom. The van der Waals surface area contributed by atoms with Gasteiger partial charge in [0.1, 0.15) is 5.75 Å². The molecule has 1 unspecified atom stereocenters. The number of carbonyl (C=O) groups is 1. The van der Waals surface area contributed by atoms with E-state index in [0.29, 0.717) is 17.9 Å². The van der Waals surface area contributed by atoms with Crippen LogP contribution < -0.4 is 4.74 Å². The average Bonchev–Trinajstić information content (AvgIpc) is 2.32. The van der Waals surface area contributed by atoms with E-state index < -0.39 is 12.1 Å². The highest BCUT2D eigenvalue weighted by molar-refractivity contribution is 9.10. The lowest BCUT2D eigenvalue weighted by Crippen LogP contribution is -2.26. The van der Waals surface area contributed by atoms with E-state index in [0.717, 1.165) is 10.0 Å². The molecule has 1 N–H and O–H groups in total. The van der Waals surface area contributed by atoms with Gasteiger partial charge in [-0.2, -0.15) is 0 Å². The van der Waals surface area contributed by atoms with Crippen molar-refractivity contribution in [1.29, 1.82) is 0 Å². The Labute approximate surface area is 115 Å². The van der Waals surface area contributed by atoms with Crippen LogP contribution in [0.15, 0.2) is 16.6 Å². The number of benzene rings is 1. The number of halogens is 1. The second-order valence-corrected chi connectivity index (χ2v) is 4.80. The van der Waals surface area contributed by atoms with Crippen LogP contribution in [0.1, 0.15) is 25.0 Å². The van der Waals surface area contributed by atoms with E-state index in [2.05, 4.69) is 15.9 Å². The number of esters is 1. The van der Waals surface area contributed by atoms with Gasteiger partial charge in [0, 0.05) is 10.0 Å². The molecule has 0 aliphatic rings. The van der Waals surface area contributed by atoms with E-state index in [1.807, 2.05) is 13.0 Å². The smallest absolute Gasteiger partial charge is 0.347 e. The van der Waals surface area contributed by atoms with Crippen LogP contribution in [0.25, 0.3) is 0 Å². The zero-order chi connectivity index (χ0) is 13.7. The Kier molecular flexibility index (Phi) is 5.62. The molecule has 1 aromatic rings. The zero-order valence-electron chi connectivity index (χ0n) is 10.7. The van der Waals surface area contributed by atoms with Crippen LogP contribution in [-0.2, 0) is 16.1 Å². The minimum absolute atomic E-state index is 0.148. The first kappa shape index (κ1) is 15.0. The van der Waals surface area contributed by atoms with Gasteiger partial charge in [-0.1, -0.05) is 15.9 Å². The Hall–Kier alpha value is -1.07. The summed E-state index contributed by atoms with van der Waals surface area (Å²) >= 11 is 3.35.